The second-order valence-electron chi connectivity index (χ2n) is 4.25. The largest absolute Gasteiger partial charge is 0.465 e. The predicted molar refractivity (Wildman–Crippen MR) is 85.8 cm³/mol. The van der Waals surface area contributed by atoms with E-state index >= 15 is 0 Å². The third kappa shape index (κ3) is 3.82. The van der Waals surface area contributed by atoms with Crippen LogP contribution in [0.15, 0.2) is 23.1 Å². The van der Waals surface area contributed by atoms with Crippen molar-refractivity contribution in [1.82, 2.24) is 4.90 Å². The number of imide groups is 1. The van der Waals surface area contributed by atoms with Crippen molar-refractivity contribution in [2.75, 3.05) is 13.2 Å². The summed E-state index contributed by atoms with van der Waals surface area (Å²) in [6.45, 7) is 1.45. The van der Waals surface area contributed by atoms with Crippen molar-refractivity contribution in [2.24, 2.45) is 0 Å². The number of esters is 1. The molecule has 2 amide bonds. The summed E-state index contributed by atoms with van der Waals surface area (Å²) >= 11 is 12.5. The highest BCUT2D eigenvalue weighted by molar-refractivity contribution is 8.18. The first-order chi connectivity index (χ1) is 10.4. The van der Waals surface area contributed by atoms with Crippen LogP contribution < -0.4 is 0 Å². The average Bonchev–Trinajstić information content (AvgIpc) is 2.71. The molecule has 0 atom stereocenters. The Labute approximate surface area is 141 Å². The summed E-state index contributed by atoms with van der Waals surface area (Å²) in [4.78, 5) is 36.5. The van der Waals surface area contributed by atoms with E-state index in [0.717, 1.165) is 16.7 Å². The number of rotatable bonds is 4. The van der Waals surface area contributed by atoms with Gasteiger partial charge in [0.2, 0.25) is 0 Å². The highest BCUT2D eigenvalue weighted by Crippen LogP contribution is 2.33. The molecule has 22 heavy (non-hydrogen) atoms. The molecule has 1 aromatic rings. The molecule has 1 fully saturated rings. The first-order valence-electron chi connectivity index (χ1n) is 6.28. The van der Waals surface area contributed by atoms with Crippen LogP contribution in [0.4, 0.5) is 4.79 Å². The molecular formula is C14H11Cl2NO4S. The molecule has 5 nitrogen and oxygen atoms in total. The third-order valence-corrected chi connectivity index (χ3v) is 4.35. The van der Waals surface area contributed by atoms with E-state index < -0.39 is 23.7 Å². The molecule has 0 bridgehead atoms. The molecule has 1 aliphatic rings. The fraction of sp³-hybridized carbons (Fsp3) is 0.214. The first-order valence-corrected chi connectivity index (χ1v) is 7.85. The van der Waals surface area contributed by atoms with Crippen LogP contribution in [-0.4, -0.2) is 35.2 Å². The second kappa shape index (κ2) is 7.17. The summed E-state index contributed by atoms with van der Waals surface area (Å²) in [7, 11) is 0. The molecule has 0 unspecified atom stereocenters. The van der Waals surface area contributed by atoms with Gasteiger partial charge in [-0.2, -0.15) is 0 Å². The lowest BCUT2D eigenvalue weighted by Gasteiger charge is -2.10. The minimum atomic E-state index is -0.624. The maximum atomic E-state index is 12.2. The van der Waals surface area contributed by atoms with Crippen LogP contribution in [0.5, 0.6) is 0 Å². The van der Waals surface area contributed by atoms with Crippen molar-refractivity contribution in [3.05, 3.63) is 38.7 Å². The molecule has 0 aromatic heterocycles. The number of halogens is 2. The van der Waals surface area contributed by atoms with Gasteiger partial charge in [0.15, 0.2) is 0 Å². The summed E-state index contributed by atoms with van der Waals surface area (Å²) in [5.74, 6) is -1.16. The van der Waals surface area contributed by atoms with Gasteiger partial charge < -0.3 is 4.74 Å². The highest BCUT2D eigenvalue weighted by Gasteiger charge is 2.36. The van der Waals surface area contributed by atoms with Gasteiger partial charge in [-0.25, -0.2) is 0 Å². The van der Waals surface area contributed by atoms with Gasteiger partial charge in [-0.1, -0.05) is 29.3 Å². The van der Waals surface area contributed by atoms with Crippen LogP contribution in [0, 0.1) is 0 Å². The first kappa shape index (κ1) is 16.9. The quantitative estimate of drug-likeness (QED) is 0.607. The second-order valence-corrected chi connectivity index (χ2v) is 6.05. The van der Waals surface area contributed by atoms with Gasteiger partial charge in [0.05, 0.1) is 21.6 Å². The molecule has 1 saturated heterocycles. The van der Waals surface area contributed by atoms with Crippen molar-refractivity contribution in [1.29, 1.82) is 0 Å². The van der Waals surface area contributed by atoms with Gasteiger partial charge >= 0.3 is 5.97 Å². The summed E-state index contributed by atoms with van der Waals surface area (Å²) in [6.07, 6.45) is 1.53. The van der Waals surface area contributed by atoms with Gasteiger partial charge in [-0.15, -0.1) is 0 Å². The van der Waals surface area contributed by atoms with E-state index in [4.69, 9.17) is 27.9 Å². The topological polar surface area (TPSA) is 63.7 Å². The number of ether oxygens (including phenoxy) is 1. The Hall–Kier alpha value is -1.50. The molecule has 0 radical (unpaired) electrons. The zero-order valence-electron chi connectivity index (χ0n) is 11.5. The van der Waals surface area contributed by atoms with Crippen LogP contribution >= 0.6 is 35.0 Å². The van der Waals surface area contributed by atoms with E-state index in [1.807, 2.05) is 0 Å². The minimum Gasteiger partial charge on any atom is -0.465 e. The van der Waals surface area contributed by atoms with Crippen LogP contribution in [0.1, 0.15) is 12.5 Å². The van der Waals surface area contributed by atoms with Crippen molar-refractivity contribution >= 4 is 58.2 Å². The lowest BCUT2D eigenvalue weighted by molar-refractivity contribution is -0.145. The predicted octanol–water partition coefficient (Wildman–Crippen LogP) is 3.59. The number of hydrogen-bond donors (Lipinski definition) is 0. The van der Waals surface area contributed by atoms with Crippen molar-refractivity contribution in [2.45, 2.75) is 6.92 Å². The maximum Gasteiger partial charge on any atom is 0.326 e. The smallest absolute Gasteiger partial charge is 0.326 e. The standard InChI is InChI=1S/C14H11Cl2NO4S/c1-2-21-12(18)7-17-13(19)11(22-14(17)20)6-8-3-4-9(15)10(16)5-8/h3-6H,2,7H2,1H3/b11-6-. The number of benzene rings is 1. The zero-order valence-corrected chi connectivity index (χ0v) is 13.8. The Morgan fingerprint density at radius 1 is 1.32 bits per heavy atom. The minimum absolute atomic E-state index is 0.189. The van der Waals surface area contributed by atoms with Gasteiger partial charge in [-0.3, -0.25) is 19.3 Å². The molecule has 1 aromatic carbocycles. The fourth-order valence-electron chi connectivity index (χ4n) is 1.73. The lowest BCUT2D eigenvalue weighted by Crippen LogP contribution is -2.34. The van der Waals surface area contributed by atoms with E-state index in [0.29, 0.717) is 15.6 Å². The van der Waals surface area contributed by atoms with Gasteiger partial charge in [0.25, 0.3) is 11.1 Å². The molecule has 116 valence electrons. The Morgan fingerprint density at radius 2 is 2.05 bits per heavy atom. The maximum absolute atomic E-state index is 12.2. The number of amides is 2. The molecule has 0 saturated carbocycles. The van der Waals surface area contributed by atoms with Gasteiger partial charge in [0.1, 0.15) is 6.54 Å². The summed E-state index contributed by atoms with van der Waals surface area (Å²) < 4.78 is 4.74. The van der Waals surface area contributed by atoms with E-state index in [9.17, 15) is 14.4 Å². The van der Waals surface area contributed by atoms with E-state index in [1.165, 1.54) is 6.08 Å². The number of nitrogens with zero attached hydrogens (tertiary/aromatic N) is 1. The number of carbonyl (C=O) groups is 3. The molecule has 1 aliphatic heterocycles. The van der Waals surface area contributed by atoms with Crippen LogP contribution in [-0.2, 0) is 14.3 Å². The number of hydrogen-bond acceptors (Lipinski definition) is 5. The SMILES string of the molecule is CCOC(=O)CN1C(=O)S/C(=C\c2ccc(Cl)c(Cl)c2)C1=O. The van der Waals surface area contributed by atoms with E-state index in [1.54, 1.807) is 25.1 Å². The molecule has 8 heteroatoms. The van der Waals surface area contributed by atoms with Crippen LogP contribution in [0.3, 0.4) is 0 Å². The number of carbonyl (C=O) groups excluding carboxylic acids is 3. The van der Waals surface area contributed by atoms with Crippen LogP contribution in [0.2, 0.25) is 10.0 Å². The third-order valence-electron chi connectivity index (χ3n) is 2.71. The average molecular weight is 360 g/mol. The van der Waals surface area contributed by atoms with E-state index in [-0.39, 0.29) is 11.5 Å². The van der Waals surface area contributed by atoms with Crippen molar-refractivity contribution in [3.63, 3.8) is 0 Å². The fourth-order valence-corrected chi connectivity index (χ4v) is 2.87. The Kier molecular flexibility index (Phi) is 5.50. The molecule has 0 N–H and O–H groups in total. The van der Waals surface area contributed by atoms with Gasteiger partial charge in [0, 0.05) is 0 Å². The van der Waals surface area contributed by atoms with Crippen molar-refractivity contribution in [3.8, 4) is 0 Å². The molecule has 0 aliphatic carbocycles. The van der Waals surface area contributed by atoms with Gasteiger partial charge in [-0.05, 0) is 42.5 Å². The number of thioether (sulfide) groups is 1. The lowest BCUT2D eigenvalue weighted by atomic mass is 10.2. The molecule has 2 rings (SSSR count). The molecule has 1 heterocycles. The summed E-state index contributed by atoms with van der Waals surface area (Å²) in [5.41, 5.74) is 0.635. The summed E-state index contributed by atoms with van der Waals surface area (Å²) in [5, 5.41) is 0.236. The Balaban J connectivity index is 2.18. The Morgan fingerprint density at radius 3 is 2.68 bits per heavy atom. The highest BCUT2D eigenvalue weighted by atomic mass is 35.5. The normalized spacial score (nSPS) is 16.5. The Bertz CT molecular complexity index is 675. The molecule has 0 spiro atoms. The molecular weight excluding hydrogens is 349 g/mol. The van der Waals surface area contributed by atoms with Crippen LogP contribution in [0.25, 0.3) is 6.08 Å². The zero-order chi connectivity index (χ0) is 16.3. The van der Waals surface area contributed by atoms with E-state index in [2.05, 4.69) is 0 Å². The van der Waals surface area contributed by atoms with Crippen molar-refractivity contribution < 1.29 is 19.1 Å². The summed E-state index contributed by atoms with van der Waals surface area (Å²) in [6, 6.07) is 4.86. The monoisotopic (exact) mass is 359 g/mol.